The van der Waals surface area contributed by atoms with Crippen molar-refractivity contribution in [3.05, 3.63) is 58.1 Å². The second-order valence-corrected chi connectivity index (χ2v) is 8.68. The summed E-state index contributed by atoms with van der Waals surface area (Å²) in [5, 5.41) is 0. The Morgan fingerprint density at radius 2 is 1.83 bits per heavy atom. The average molecular weight is 445 g/mol. The number of rotatable bonds is 8. The van der Waals surface area contributed by atoms with E-state index in [4.69, 9.17) is 9.47 Å². The lowest BCUT2D eigenvalue weighted by Crippen LogP contribution is -2.28. The SMILES string of the molecule is COCOc1ccc(Cc2c(C)c[c]c(OS(=O)(=O)C(F)(F)F)c2C)cc1C(C)C. The van der Waals surface area contributed by atoms with Crippen LogP contribution in [0.3, 0.4) is 0 Å². The summed E-state index contributed by atoms with van der Waals surface area (Å²) in [6.07, 6.45) is 0.374. The zero-order valence-electron chi connectivity index (χ0n) is 17.4. The van der Waals surface area contributed by atoms with Crippen molar-refractivity contribution in [3.8, 4) is 11.5 Å². The molecule has 0 spiro atoms. The summed E-state index contributed by atoms with van der Waals surface area (Å²) in [5.74, 6) is 0.390. The minimum Gasteiger partial charge on any atom is -0.467 e. The summed E-state index contributed by atoms with van der Waals surface area (Å²) in [4.78, 5) is 0. The number of methoxy groups -OCH3 is 1. The van der Waals surface area contributed by atoms with E-state index in [0.717, 1.165) is 16.7 Å². The molecule has 1 radical (unpaired) electrons. The number of halogens is 3. The molecular weight excluding hydrogens is 421 g/mol. The van der Waals surface area contributed by atoms with Crippen molar-refractivity contribution in [2.45, 2.75) is 45.5 Å². The first-order chi connectivity index (χ1) is 13.9. The molecule has 0 fully saturated rings. The highest BCUT2D eigenvalue weighted by atomic mass is 32.2. The van der Waals surface area contributed by atoms with E-state index in [-0.39, 0.29) is 18.3 Å². The summed E-state index contributed by atoms with van der Waals surface area (Å²) >= 11 is 0. The summed E-state index contributed by atoms with van der Waals surface area (Å²) in [6.45, 7) is 7.43. The first kappa shape index (κ1) is 24.0. The highest BCUT2D eigenvalue weighted by molar-refractivity contribution is 7.88. The van der Waals surface area contributed by atoms with Crippen LogP contribution in [0, 0.1) is 19.9 Å². The van der Waals surface area contributed by atoms with Crippen molar-refractivity contribution < 1.29 is 35.2 Å². The van der Waals surface area contributed by atoms with E-state index in [1.54, 1.807) is 6.92 Å². The van der Waals surface area contributed by atoms with E-state index < -0.39 is 21.4 Å². The van der Waals surface area contributed by atoms with Gasteiger partial charge in [0.15, 0.2) is 12.5 Å². The lowest BCUT2D eigenvalue weighted by molar-refractivity contribution is -0.0500. The zero-order valence-corrected chi connectivity index (χ0v) is 18.2. The van der Waals surface area contributed by atoms with Crippen LogP contribution in [-0.2, 0) is 21.3 Å². The molecular formula is C21H24F3O5S. The molecule has 0 N–H and O–H groups in total. The third kappa shape index (κ3) is 5.46. The fraction of sp³-hybridized carbons (Fsp3) is 0.429. The van der Waals surface area contributed by atoms with E-state index >= 15 is 0 Å². The van der Waals surface area contributed by atoms with Crippen molar-refractivity contribution >= 4 is 10.1 Å². The van der Waals surface area contributed by atoms with Gasteiger partial charge in [0.1, 0.15) is 5.75 Å². The Morgan fingerprint density at radius 1 is 1.17 bits per heavy atom. The number of aryl methyl sites for hydroxylation is 1. The minimum absolute atomic E-state index is 0.111. The third-order valence-corrected chi connectivity index (χ3v) is 5.53. The zero-order chi connectivity index (χ0) is 22.7. The predicted octanol–water partition coefficient (Wildman–Crippen LogP) is 5.03. The van der Waals surface area contributed by atoms with Gasteiger partial charge in [-0.1, -0.05) is 26.0 Å². The van der Waals surface area contributed by atoms with E-state index in [1.807, 2.05) is 32.0 Å². The standard InChI is InChI=1S/C21H24F3O5S/c1-13(2)17-10-16(7-9-20(17)28-12-27-5)11-18-14(3)6-8-19(15(18)4)29-30(25,26)21(22,23)24/h6-7,9-10,13H,11-12H2,1-5H3. The molecule has 2 rings (SSSR count). The van der Waals surface area contributed by atoms with E-state index in [2.05, 4.69) is 10.2 Å². The van der Waals surface area contributed by atoms with Crippen molar-refractivity contribution in [1.82, 2.24) is 0 Å². The normalized spacial score (nSPS) is 12.3. The molecule has 0 aromatic heterocycles. The molecule has 2 aromatic rings. The Balaban J connectivity index is 2.40. The minimum atomic E-state index is -5.77. The molecule has 0 saturated heterocycles. The highest BCUT2D eigenvalue weighted by Gasteiger charge is 2.48. The maximum atomic E-state index is 12.7. The number of alkyl halides is 3. The lowest BCUT2D eigenvalue weighted by atomic mass is 9.92. The summed E-state index contributed by atoms with van der Waals surface area (Å²) in [5.41, 5.74) is -1.95. The van der Waals surface area contributed by atoms with Crippen LogP contribution >= 0.6 is 0 Å². The number of hydrogen-bond donors (Lipinski definition) is 0. The molecule has 165 valence electrons. The maximum absolute atomic E-state index is 12.7. The van der Waals surface area contributed by atoms with E-state index in [0.29, 0.717) is 17.7 Å². The van der Waals surface area contributed by atoms with Crippen LogP contribution < -0.4 is 8.92 Å². The Morgan fingerprint density at radius 3 is 2.40 bits per heavy atom. The summed E-state index contributed by atoms with van der Waals surface area (Å²) in [6, 6.07) is 9.52. The Bertz CT molecular complexity index is 998. The smallest absolute Gasteiger partial charge is 0.467 e. The van der Waals surface area contributed by atoms with Crippen molar-refractivity contribution in [2.24, 2.45) is 0 Å². The summed E-state index contributed by atoms with van der Waals surface area (Å²) in [7, 11) is -4.24. The predicted molar refractivity (Wildman–Crippen MR) is 106 cm³/mol. The molecule has 9 heteroatoms. The van der Waals surface area contributed by atoms with Gasteiger partial charge in [-0.2, -0.15) is 21.6 Å². The first-order valence-corrected chi connectivity index (χ1v) is 10.5. The monoisotopic (exact) mass is 445 g/mol. The number of ether oxygens (including phenoxy) is 2. The molecule has 0 aliphatic carbocycles. The second-order valence-electron chi connectivity index (χ2n) is 7.14. The van der Waals surface area contributed by atoms with Gasteiger partial charge in [0.2, 0.25) is 0 Å². The molecule has 5 nitrogen and oxygen atoms in total. The molecule has 0 aliphatic rings. The van der Waals surface area contributed by atoms with Crippen LogP contribution in [0.5, 0.6) is 11.5 Å². The number of hydrogen-bond acceptors (Lipinski definition) is 5. The van der Waals surface area contributed by atoms with Gasteiger partial charge in [0.25, 0.3) is 0 Å². The van der Waals surface area contributed by atoms with Crippen LogP contribution in [0.25, 0.3) is 0 Å². The third-order valence-electron chi connectivity index (χ3n) is 4.57. The van der Waals surface area contributed by atoms with Gasteiger partial charge in [-0.15, -0.1) is 0 Å². The van der Waals surface area contributed by atoms with Gasteiger partial charge in [0, 0.05) is 13.2 Å². The molecule has 0 aliphatic heterocycles. The molecule has 0 saturated carbocycles. The van der Waals surface area contributed by atoms with Crippen LogP contribution in [0.15, 0.2) is 24.3 Å². The van der Waals surface area contributed by atoms with Gasteiger partial charge in [-0.05, 0) is 66.1 Å². The highest BCUT2D eigenvalue weighted by Crippen LogP contribution is 2.33. The maximum Gasteiger partial charge on any atom is 0.534 e. The molecule has 0 atom stereocenters. The molecule has 0 unspecified atom stereocenters. The van der Waals surface area contributed by atoms with Crippen LogP contribution in [0.1, 0.15) is 47.6 Å². The second kappa shape index (κ2) is 9.26. The fourth-order valence-electron chi connectivity index (χ4n) is 2.93. The van der Waals surface area contributed by atoms with Gasteiger partial charge in [0.05, 0.1) is 0 Å². The van der Waals surface area contributed by atoms with E-state index in [1.165, 1.54) is 20.1 Å². The number of benzene rings is 2. The fourth-order valence-corrected chi connectivity index (χ4v) is 3.42. The Hall–Kier alpha value is -2.26. The molecule has 0 heterocycles. The molecule has 30 heavy (non-hydrogen) atoms. The van der Waals surface area contributed by atoms with Crippen LogP contribution in [0.4, 0.5) is 13.2 Å². The average Bonchev–Trinajstić information content (AvgIpc) is 2.65. The first-order valence-electron chi connectivity index (χ1n) is 9.13. The molecule has 2 aromatic carbocycles. The van der Waals surface area contributed by atoms with Gasteiger partial charge < -0.3 is 13.7 Å². The van der Waals surface area contributed by atoms with Gasteiger partial charge in [-0.3, -0.25) is 0 Å². The molecule has 0 amide bonds. The Kier molecular flexibility index (Phi) is 7.41. The van der Waals surface area contributed by atoms with Crippen LogP contribution in [0.2, 0.25) is 0 Å². The summed E-state index contributed by atoms with van der Waals surface area (Å²) < 4.78 is 75.6. The quantitative estimate of drug-likeness (QED) is 0.324. The van der Waals surface area contributed by atoms with Gasteiger partial charge in [-0.25, -0.2) is 0 Å². The van der Waals surface area contributed by atoms with Crippen LogP contribution in [-0.4, -0.2) is 27.8 Å². The topological polar surface area (TPSA) is 61.8 Å². The van der Waals surface area contributed by atoms with Crippen molar-refractivity contribution in [1.29, 1.82) is 0 Å². The largest absolute Gasteiger partial charge is 0.534 e. The van der Waals surface area contributed by atoms with Crippen molar-refractivity contribution in [2.75, 3.05) is 13.9 Å². The Labute approximate surface area is 174 Å². The molecule has 0 bridgehead atoms. The lowest BCUT2D eigenvalue weighted by Gasteiger charge is -2.18. The van der Waals surface area contributed by atoms with E-state index in [9.17, 15) is 21.6 Å². The van der Waals surface area contributed by atoms with Gasteiger partial charge >= 0.3 is 15.6 Å². The van der Waals surface area contributed by atoms with Crippen molar-refractivity contribution in [3.63, 3.8) is 0 Å².